The Morgan fingerprint density at radius 3 is 2.94 bits per heavy atom. The summed E-state index contributed by atoms with van der Waals surface area (Å²) in [7, 11) is 0. The fourth-order valence-corrected chi connectivity index (χ4v) is 2.40. The molecule has 3 nitrogen and oxygen atoms in total. The van der Waals surface area contributed by atoms with E-state index in [1.54, 1.807) is 0 Å². The lowest BCUT2D eigenvalue weighted by Gasteiger charge is -2.13. The van der Waals surface area contributed by atoms with Crippen LogP contribution in [-0.2, 0) is 4.74 Å². The maximum atomic E-state index is 5.73. The quantitative estimate of drug-likeness (QED) is 0.894. The molecule has 2 aromatic carbocycles. The summed E-state index contributed by atoms with van der Waals surface area (Å²) in [6, 6.07) is 14.7. The van der Waals surface area contributed by atoms with Crippen molar-refractivity contribution in [2.24, 2.45) is 5.10 Å². The van der Waals surface area contributed by atoms with E-state index in [-0.39, 0.29) is 6.10 Å². The fourth-order valence-electron chi connectivity index (χ4n) is 2.40. The van der Waals surface area contributed by atoms with Gasteiger partial charge < -0.3 is 10.2 Å². The number of hydrogen-bond acceptors (Lipinski definition) is 3. The van der Waals surface area contributed by atoms with Crippen LogP contribution in [0, 0.1) is 0 Å². The van der Waals surface area contributed by atoms with Crippen LogP contribution in [0.4, 0.5) is 0 Å². The molecule has 92 valence electrons. The Morgan fingerprint density at radius 1 is 1.22 bits per heavy atom. The Hall–Kier alpha value is -1.87. The van der Waals surface area contributed by atoms with Crippen LogP contribution in [0.1, 0.15) is 12.5 Å². The second-order valence-corrected chi connectivity index (χ2v) is 4.33. The van der Waals surface area contributed by atoms with E-state index < -0.39 is 0 Å². The Bertz CT molecular complexity index is 587. The van der Waals surface area contributed by atoms with Gasteiger partial charge in [0.15, 0.2) is 0 Å². The molecule has 0 aromatic heterocycles. The lowest BCUT2D eigenvalue weighted by molar-refractivity contribution is 0.116. The molecule has 1 N–H and O–H groups in total. The van der Waals surface area contributed by atoms with Gasteiger partial charge in [-0.05, 0) is 17.7 Å². The molecule has 3 heteroatoms. The fraction of sp³-hybridized carbons (Fsp3) is 0.267. The van der Waals surface area contributed by atoms with E-state index in [9.17, 15) is 0 Å². The molecule has 1 unspecified atom stereocenters. The van der Waals surface area contributed by atoms with Crippen LogP contribution in [0.25, 0.3) is 10.8 Å². The molecule has 0 spiro atoms. The van der Waals surface area contributed by atoms with E-state index >= 15 is 0 Å². The van der Waals surface area contributed by atoms with Gasteiger partial charge in [-0.2, -0.15) is 5.10 Å². The minimum absolute atomic E-state index is 0.0563. The zero-order valence-corrected chi connectivity index (χ0v) is 10.4. The minimum atomic E-state index is 0.0563. The third-order valence-corrected chi connectivity index (χ3v) is 3.21. The molecular weight excluding hydrogens is 224 g/mol. The number of rotatable bonds is 3. The molecule has 0 amide bonds. The highest BCUT2D eigenvalue weighted by atomic mass is 16.5. The van der Waals surface area contributed by atoms with E-state index in [1.807, 2.05) is 6.92 Å². The van der Waals surface area contributed by atoms with Crippen LogP contribution >= 0.6 is 0 Å². The first-order chi connectivity index (χ1) is 8.90. The molecule has 0 aliphatic carbocycles. The number of hydrogen-bond donors (Lipinski definition) is 1. The first kappa shape index (κ1) is 11.2. The Kier molecular flexibility index (Phi) is 2.99. The molecule has 1 aliphatic heterocycles. The maximum absolute atomic E-state index is 5.73. The molecule has 1 heterocycles. The van der Waals surface area contributed by atoms with E-state index in [1.165, 1.54) is 10.8 Å². The number of nitrogens with zero attached hydrogens (tertiary/aromatic N) is 1. The summed E-state index contributed by atoms with van der Waals surface area (Å²) in [5.74, 6) is 0. The second-order valence-electron chi connectivity index (χ2n) is 4.33. The van der Waals surface area contributed by atoms with Crippen molar-refractivity contribution >= 4 is 16.5 Å². The highest BCUT2D eigenvalue weighted by Gasteiger charge is 2.24. The molecule has 18 heavy (non-hydrogen) atoms. The van der Waals surface area contributed by atoms with Gasteiger partial charge in [0.25, 0.3) is 0 Å². The molecule has 0 saturated carbocycles. The first-order valence-corrected chi connectivity index (χ1v) is 6.30. The SMILES string of the molecule is CCOC1CNN=C1c1cccc2ccccc12. The summed E-state index contributed by atoms with van der Waals surface area (Å²) in [5.41, 5.74) is 5.20. The van der Waals surface area contributed by atoms with Crippen LogP contribution in [0.2, 0.25) is 0 Å². The molecule has 0 fully saturated rings. The zero-order chi connectivity index (χ0) is 12.4. The van der Waals surface area contributed by atoms with Crippen molar-refractivity contribution in [3.63, 3.8) is 0 Å². The molecule has 0 radical (unpaired) electrons. The monoisotopic (exact) mass is 240 g/mol. The van der Waals surface area contributed by atoms with Gasteiger partial charge in [-0.15, -0.1) is 0 Å². The highest BCUT2D eigenvalue weighted by molar-refractivity contribution is 6.13. The third kappa shape index (κ3) is 1.87. The normalized spacial score (nSPS) is 18.7. The summed E-state index contributed by atoms with van der Waals surface area (Å²) in [4.78, 5) is 0. The van der Waals surface area contributed by atoms with Crippen molar-refractivity contribution in [3.8, 4) is 0 Å². The molecule has 2 aromatic rings. The third-order valence-electron chi connectivity index (χ3n) is 3.21. The van der Waals surface area contributed by atoms with E-state index in [0.717, 1.165) is 17.8 Å². The van der Waals surface area contributed by atoms with Crippen molar-refractivity contribution in [2.45, 2.75) is 13.0 Å². The lowest BCUT2D eigenvalue weighted by Crippen LogP contribution is -2.26. The Labute approximate surface area is 106 Å². The number of hydrazone groups is 1. The maximum Gasteiger partial charge on any atom is 0.121 e. The van der Waals surface area contributed by atoms with Crippen molar-refractivity contribution in [3.05, 3.63) is 48.0 Å². The van der Waals surface area contributed by atoms with Gasteiger partial charge in [-0.3, -0.25) is 0 Å². The molecule has 1 aliphatic rings. The predicted octanol–water partition coefficient (Wildman–Crippen LogP) is 2.55. The van der Waals surface area contributed by atoms with Gasteiger partial charge in [-0.1, -0.05) is 42.5 Å². The summed E-state index contributed by atoms with van der Waals surface area (Å²) in [6.07, 6.45) is 0.0563. The van der Waals surface area contributed by atoms with E-state index in [2.05, 4.69) is 53.0 Å². The minimum Gasteiger partial charge on any atom is -0.370 e. The Morgan fingerprint density at radius 2 is 2.06 bits per heavy atom. The molecule has 3 rings (SSSR count). The standard InChI is InChI=1S/C15H16N2O/c1-2-18-14-10-16-17-15(14)13-9-5-7-11-6-3-4-8-12(11)13/h3-9,14,16H,2,10H2,1H3. The van der Waals surface area contributed by atoms with Gasteiger partial charge in [-0.25, -0.2) is 0 Å². The number of nitrogens with one attached hydrogen (secondary N) is 1. The zero-order valence-electron chi connectivity index (χ0n) is 10.4. The van der Waals surface area contributed by atoms with Crippen LogP contribution in [-0.4, -0.2) is 25.0 Å². The molecular formula is C15H16N2O. The summed E-state index contributed by atoms with van der Waals surface area (Å²) in [6.45, 7) is 3.47. The number of fused-ring (bicyclic) bond motifs is 1. The van der Waals surface area contributed by atoms with Crippen LogP contribution in [0.3, 0.4) is 0 Å². The predicted molar refractivity (Wildman–Crippen MR) is 73.9 cm³/mol. The molecule has 1 atom stereocenters. The summed E-state index contributed by atoms with van der Waals surface area (Å²) >= 11 is 0. The van der Waals surface area contributed by atoms with E-state index in [4.69, 9.17) is 4.74 Å². The second kappa shape index (κ2) is 4.78. The number of benzene rings is 2. The lowest BCUT2D eigenvalue weighted by atomic mass is 9.98. The van der Waals surface area contributed by atoms with Gasteiger partial charge >= 0.3 is 0 Å². The van der Waals surface area contributed by atoms with Gasteiger partial charge in [0.2, 0.25) is 0 Å². The van der Waals surface area contributed by atoms with Crippen molar-refractivity contribution in [2.75, 3.05) is 13.2 Å². The van der Waals surface area contributed by atoms with Crippen LogP contribution < -0.4 is 5.43 Å². The topological polar surface area (TPSA) is 33.6 Å². The molecule has 0 saturated heterocycles. The molecule has 0 bridgehead atoms. The first-order valence-electron chi connectivity index (χ1n) is 6.30. The van der Waals surface area contributed by atoms with E-state index in [0.29, 0.717) is 6.61 Å². The van der Waals surface area contributed by atoms with Crippen molar-refractivity contribution in [1.82, 2.24) is 5.43 Å². The average molecular weight is 240 g/mol. The number of ether oxygens (including phenoxy) is 1. The highest BCUT2D eigenvalue weighted by Crippen LogP contribution is 2.22. The van der Waals surface area contributed by atoms with Gasteiger partial charge in [0.1, 0.15) is 6.10 Å². The smallest absolute Gasteiger partial charge is 0.121 e. The Balaban J connectivity index is 2.09. The van der Waals surface area contributed by atoms with Crippen LogP contribution in [0.15, 0.2) is 47.6 Å². The van der Waals surface area contributed by atoms with Crippen molar-refractivity contribution < 1.29 is 4.74 Å². The summed E-state index contributed by atoms with van der Waals surface area (Å²) < 4.78 is 5.73. The summed E-state index contributed by atoms with van der Waals surface area (Å²) in [5, 5.41) is 6.86. The average Bonchev–Trinajstić information content (AvgIpc) is 2.87. The van der Waals surface area contributed by atoms with Gasteiger partial charge in [0.05, 0.1) is 12.3 Å². The van der Waals surface area contributed by atoms with Gasteiger partial charge in [0, 0.05) is 12.2 Å². The largest absolute Gasteiger partial charge is 0.370 e. The van der Waals surface area contributed by atoms with Crippen molar-refractivity contribution in [1.29, 1.82) is 0 Å². The van der Waals surface area contributed by atoms with Crippen LogP contribution in [0.5, 0.6) is 0 Å².